The fraction of sp³-hybridized carbons (Fsp3) is 0.167. The van der Waals surface area contributed by atoms with Crippen LogP contribution in [0.1, 0.15) is 15.9 Å². The Morgan fingerprint density at radius 3 is 2.69 bits per heavy atom. The molecule has 4 nitrogen and oxygen atoms in total. The van der Waals surface area contributed by atoms with Gasteiger partial charge in [-0.25, -0.2) is 4.79 Å². The number of carboxylic acids is 1. The van der Waals surface area contributed by atoms with Gasteiger partial charge in [0.05, 0.1) is 11.3 Å². The molecule has 0 saturated carbocycles. The summed E-state index contributed by atoms with van der Waals surface area (Å²) in [6, 6.07) is 7.09. The third-order valence-electron chi connectivity index (χ3n) is 2.50. The molecule has 0 amide bonds. The molecule has 0 saturated heterocycles. The Morgan fingerprint density at radius 1 is 1.38 bits per heavy atom. The summed E-state index contributed by atoms with van der Waals surface area (Å²) in [6.07, 6.45) is 1.66. The topological polar surface area (TPSA) is 55.1 Å². The number of aryl methyl sites for hydroxylation is 2. The minimum Gasteiger partial charge on any atom is -0.478 e. The SMILES string of the molecule is Cc1ccc(C(=O)O)c(-c2ccnn2C)c1. The quantitative estimate of drug-likeness (QED) is 0.836. The van der Waals surface area contributed by atoms with Crippen molar-refractivity contribution in [1.82, 2.24) is 9.78 Å². The molecule has 16 heavy (non-hydrogen) atoms. The van der Waals surface area contributed by atoms with Crippen LogP contribution in [0.3, 0.4) is 0 Å². The molecule has 2 aromatic rings. The van der Waals surface area contributed by atoms with Crippen molar-refractivity contribution in [3.8, 4) is 11.3 Å². The van der Waals surface area contributed by atoms with Crippen molar-refractivity contribution in [3.05, 3.63) is 41.6 Å². The van der Waals surface area contributed by atoms with E-state index in [0.29, 0.717) is 11.1 Å². The molecule has 82 valence electrons. The van der Waals surface area contributed by atoms with Gasteiger partial charge in [-0.15, -0.1) is 0 Å². The first-order valence-corrected chi connectivity index (χ1v) is 4.92. The second kappa shape index (κ2) is 3.81. The van der Waals surface area contributed by atoms with Crippen molar-refractivity contribution < 1.29 is 9.90 Å². The minimum absolute atomic E-state index is 0.300. The molecule has 1 aromatic heterocycles. The Labute approximate surface area is 93.1 Å². The van der Waals surface area contributed by atoms with Gasteiger partial charge in [-0.05, 0) is 25.1 Å². The van der Waals surface area contributed by atoms with E-state index in [1.165, 1.54) is 0 Å². The fourth-order valence-electron chi connectivity index (χ4n) is 1.69. The van der Waals surface area contributed by atoms with Gasteiger partial charge >= 0.3 is 5.97 Å². The van der Waals surface area contributed by atoms with E-state index in [-0.39, 0.29) is 0 Å². The Kier molecular flexibility index (Phi) is 2.48. The van der Waals surface area contributed by atoms with Crippen LogP contribution >= 0.6 is 0 Å². The van der Waals surface area contributed by atoms with Crippen LogP contribution in [-0.2, 0) is 7.05 Å². The van der Waals surface area contributed by atoms with Crippen LogP contribution in [0.25, 0.3) is 11.3 Å². The zero-order valence-corrected chi connectivity index (χ0v) is 9.14. The summed E-state index contributed by atoms with van der Waals surface area (Å²) in [7, 11) is 1.79. The predicted octanol–water partition coefficient (Wildman–Crippen LogP) is 2.09. The fourth-order valence-corrected chi connectivity index (χ4v) is 1.69. The third-order valence-corrected chi connectivity index (χ3v) is 2.50. The van der Waals surface area contributed by atoms with E-state index in [1.807, 2.05) is 13.0 Å². The standard InChI is InChI=1S/C12H12N2O2/c1-8-3-4-9(12(15)16)10(7-8)11-5-6-13-14(11)2/h3-7H,1-2H3,(H,15,16). The number of aromatic nitrogens is 2. The van der Waals surface area contributed by atoms with Gasteiger partial charge in [-0.2, -0.15) is 5.10 Å². The van der Waals surface area contributed by atoms with Crippen LogP contribution in [0.2, 0.25) is 0 Å². The number of carbonyl (C=O) groups is 1. The van der Waals surface area contributed by atoms with Crippen LogP contribution in [0, 0.1) is 6.92 Å². The molecule has 0 aliphatic heterocycles. The van der Waals surface area contributed by atoms with E-state index in [2.05, 4.69) is 5.10 Å². The lowest BCUT2D eigenvalue weighted by Crippen LogP contribution is -2.02. The highest BCUT2D eigenvalue weighted by atomic mass is 16.4. The highest BCUT2D eigenvalue weighted by molar-refractivity contribution is 5.95. The van der Waals surface area contributed by atoms with Gasteiger partial charge in [-0.1, -0.05) is 11.6 Å². The summed E-state index contributed by atoms with van der Waals surface area (Å²) in [4.78, 5) is 11.1. The van der Waals surface area contributed by atoms with Gasteiger partial charge in [-0.3, -0.25) is 4.68 Å². The third kappa shape index (κ3) is 1.69. The molecule has 0 unspecified atom stereocenters. The predicted molar refractivity (Wildman–Crippen MR) is 60.3 cm³/mol. The molecule has 1 heterocycles. The van der Waals surface area contributed by atoms with Crippen molar-refractivity contribution in [3.63, 3.8) is 0 Å². The first-order chi connectivity index (χ1) is 7.59. The molecule has 0 aliphatic carbocycles. The largest absolute Gasteiger partial charge is 0.478 e. The minimum atomic E-state index is -0.920. The zero-order chi connectivity index (χ0) is 11.7. The summed E-state index contributed by atoms with van der Waals surface area (Å²) in [6.45, 7) is 1.94. The van der Waals surface area contributed by atoms with Crippen molar-refractivity contribution >= 4 is 5.97 Å². The second-order valence-electron chi connectivity index (χ2n) is 3.69. The summed E-state index contributed by atoms with van der Waals surface area (Å²) in [5.41, 5.74) is 2.84. The van der Waals surface area contributed by atoms with Crippen LogP contribution < -0.4 is 0 Å². The summed E-state index contributed by atoms with van der Waals surface area (Å²) >= 11 is 0. The number of hydrogen-bond acceptors (Lipinski definition) is 2. The van der Waals surface area contributed by atoms with E-state index in [4.69, 9.17) is 5.11 Å². The summed E-state index contributed by atoms with van der Waals surface area (Å²) < 4.78 is 1.67. The maximum atomic E-state index is 11.1. The Bertz CT molecular complexity index is 544. The highest BCUT2D eigenvalue weighted by Crippen LogP contribution is 2.24. The highest BCUT2D eigenvalue weighted by Gasteiger charge is 2.13. The van der Waals surface area contributed by atoms with E-state index in [0.717, 1.165) is 11.3 Å². The van der Waals surface area contributed by atoms with Crippen molar-refractivity contribution in [2.24, 2.45) is 7.05 Å². The molecule has 0 aliphatic rings. The summed E-state index contributed by atoms with van der Waals surface area (Å²) in [5, 5.41) is 13.2. The van der Waals surface area contributed by atoms with E-state index in [1.54, 1.807) is 36.1 Å². The van der Waals surface area contributed by atoms with Gasteiger partial charge in [0.2, 0.25) is 0 Å². The molecule has 1 aromatic carbocycles. The number of hydrogen-bond donors (Lipinski definition) is 1. The number of carboxylic acid groups (broad SMARTS) is 1. The van der Waals surface area contributed by atoms with Crippen LogP contribution in [-0.4, -0.2) is 20.9 Å². The average Bonchev–Trinajstić information content (AvgIpc) is 2.63. The Hall–Kier alpha value is -2.10. The molecule has 0 atom stereocenters. The molecule has 2 rings (SSSR count). The van der Waals surface area contributed by atoms with Crippen LogP contribution in [0.4, 0.5) is 0 Å². The number of aromatic carboxylic acids is 1. The second-order valence-corrected chi connectivity index (χ2v) is 3.69. The smallest absolute Gasteiger partial charge is 0.336 e. The molecular weight excluding hydrogens is 204 g/mol. The van der Waals surface area contributed by atoms with Gasteiger partial charge in [0, 0.05) is 18.8 Å². The normalized spacial score (nSPS) is 10.4. The van der Waals surface area contributed by atoms with Crippen molar-refractivity contribution in [2.45, 2.75) is 6.92 Å². The van der Waals surface area contributed by atoms with Gasteiger partial charge in [0.15, 0.2) is 0 Å². The lowest BCUT2D eigenvalue weighted by Gasteiger charge is -2.07. The maximum Gasteiger partial charge on any atom is 0.336 e. The number of nitrogens with zero attached hydrogens (tertiary/aromatic N) is 2. The van der Waals surface area contributed by atoms with Gasteiger partial charge in [0.25, 0.3) is 0 Å². The first kappa shape index (κ1) is 10.4. The summed E-state index contributed by atoms with van der Waals surface area (Å²) in [5.74, 6) is -0.920. The maximum absolute atomic E-state index is 11.1. The molecule has 0 radical (unpaired) electrons. The van der Waals surface area contributed by atoms with E-state index in [9.17, 15) is 4.79 Å². The van der Waals surface area contributed by atoms with E-state index >= 15 is 0 Å². The van der Waals surface area contributed by atoms with E-state index < -0.39 is 5.97 Å². The van der Waals surface area contributed by atoms with Crippen molar-refractivity contribution in [1.29, 1.82) is 0 Å². The Morgan fingerprint density at radius 2 is 2.12 bits per heavy atom. The molecular formula is C12H12N2O2. The first-order valence-electron chi connectivity index (χ1n) is 4.92. The number of benzene rings is 1. The lowest BCUT2D eigenvalue weighted by atomic mass is 10.0. The van der Waals surface area contributed by atoms with Crippen LogP contribution in [0.5, 0.6) is 0 Å². The molecule has 0 spiro atoms. The van der Waals surface area contributed by atoms with Crippen molar-refractivity contribution in [2.75, 3.05) is 0 Å². The van der Waals surface area contributed by atoms with Crippen LogP contribution in [0.15, 0.2) is 30.5 Å². The molecule has 4 heteroatoms. The number of rotatable bonds is 2. The Balaban J connectivity index is 2.67. The zero-order valence-electron chi connectivity index (χ0n) is 9.14. The van der Waals surface area contributed by atoms with Gasteiger partial charge in [0.1, 0.15) is 0 Å². The lowest BCUT2D eigenvalue weighted by molar-refractivity contribution is 0.0697. The average molecular weight is 216 g/mol. The molecule has 0 fully saturated rings. The molecule has 1 N–H and O–H groups in total. The monoisotopic (exact) mass is 216 g/mol. The molecule has 0 bridgehead atoms. The van der Waals surface area contributed by atoms with Gasteiger partial charge < -0.3 is 5.11 Å².